The number of likely N-dealkylation sites (tertiary alicyclic amines) is 1. The first-order valence-electron chi connectivity index (χ1n) is 6.93. The summed E-state index contributed by atoms with van der Waals surface area (Å²) < 4.78 is 5.34. The van der Waals surface area contributed by atoms with Gasteiger partial charge in [0.1, 0.15) is 12.3 Å². The number of oxazole rings is 1. The quantitative estimate of drug-likeness (QED) is 0.807. The van der Waals surface area contributed by atoms with Gasteiger partial charge in [-0.25, -0.2) is 4.98 Å². The van der Waals surface area contributed by atoms with Crippen LogP contribution >= 0.6 is 0 Å². The first kappa shape index (κ1) is 13.5. The highest BCUT2D eigenvalue weighted by molar-refractivity contribution is 6.03. The molecule has 1 aromatic heterocycles. The van der Waals surface area contributed by atoms with Crippen LogP contribution in [0.25, 0.3) is 0 Å². The summed E-state index contributed by atoms with van der Waals surface area (Å²) in [5.74, 6) is 0.493. The number of amides is 2. The van der Waals surface area contributed by atoms with E-state index in [2.05, 4.69) is 4.98 Å². The van der Waals surface area contributed by atoms with Crippen LogP contribution < -0.4 is 0 Å². The van der Waals surface area contributed by atoms with Crippen LogP contribution in [0.4, 0.5) is 0 Å². The predicted molar refractivity (Wildman–Crippen MR) is 75.1 cm³/mol. The van der Waals surface area contributed by atoms with Gasteiger partial charge >= 0.3 is 0 Å². The van der Waals surface area contributed by atoms with Crippen LogP contribution in [-0.2, 0) is 22.6 Å². The molecule has 0 spiro atoms. The van der Waals surface area contributed by atoms with Gasteiger partial charge in [-0.2, -0.15) is 0 Å². The summed E-state index contributed by atoms with van der Waals surface area (Å²) in [7, 11) is 0. The molecule has 5 heteroatoms. The number of nitrogens with zero attached hydrogens (tertiary/aromatic N) is 2. The molecule has 1 saturated heterocycles. The summed E-state index contributed by atoms with van der Waals surface area (Å²) in [5.41, 5.74) is 1.07. The predicted octanol–water partition coefficient (Wildman–Crippen LogP) is 2.10. The molecule has 1 atom stereocenters. The Bertz CT molecular complexity index is 663. The molecule has 5 nitrogen and oxygen atoms in total. The molecule has 0 radical (unpaired) electrons. The van der Waals surface area contributed by atoms with Gasteiger partial charge in [-0.1, -0.05) is 30.3 Å². The van der Waals surface area contributed by atoms with Crippen molar-refractivity contribution >= 4 is 11.8 Å². The molecule has 2 amide bonds. The van der Waals surface area contributed by atoms with Crippen molar-refractivity contribution in [3.63, 3.8) is 0 Å². The van der Waals surface area contributed by atoms with Crippen LogP contribution in [0.2, 0.25) is 0 Å². The maximum Gasteiger partial charge on any atom is 0.233 e. The fraction of sp³-hybridized carbons (Fsp3) is 0.312. The lowest BCUT2D eigenvalue weighted by molar-refractivity contribution is -0.140. The minimum atomic E-state index is -0.282. The largest absolute Gasteiger partial charge is 0.444 e. The van der Waals surface area contributed by atoms with E-state index in [1.54, 1.807) is 13.1 Å². The molecular weight excluding hydrogens is 268 g/mol. The lowest BCUT2D eigenvalue weighted by Crippen LogP contribution is -2.30. The Hall–Kier alpha value is -2.43. The van der Waals surface area contributed by atoms with E-state index in [0.717, 1.165) is 5.56 Å². The molecule has 3 rings (SSSR count). The van der Waals surface area contributed by atoms with Crippen LogP contribution in [-0.4, -0.2) is 21.7 Å². The fourth-order valence-corrected chi connectivity index (χ4v) is 2.59. The zero-order valence-corrected chi connectivity index (χ0v) is 11.8. The highest BCUT2D eigenvalue weighted by atomic mass is 16.4. The molecule has 2 heterocycles. The zero-order chi connectivity index (χ0) is 14.8. The van der Waals surface area contributed by atoms with Crippen LogP contribution in [0.5, 0.6) is 0 Å². The third kappa shape index (κ3) is 2.86. The van der Waals surface area contributed by atoms with Gasteiger partial charge in [-0.15, -0.1) is 0 Å². The molecule has 0 aliphatic carbocycles. The summed E-state index contributed by atoms with van der Waals surface area (Å²) in [5, 5.41) is 0. The molecule has 1 aliphatic heterocycles. The number of aromatic nitrogens is 1. The second-order valence-corrected chi connectivity index (χ2v) is 5.27. The summed E-state index contributed by atoms with van der Waals surface area (Å²) in [4.78, 5) is 29.7. The summed E-state index contributed by atoms with van der Waals surface area (Å²) >= 11 is 0. The Balaban J connectivity index is 1.70. The van der Waals surface area contributed by atoms with E-state index in [1.807, 2.05) is 30.3 Å². The van der Waals surface area contributed by atoms with Gasteiger partial charge in [0.2, 0.25) is 17.7 Å². The lowest BCUT2D eigenvalue weighted by atomic mass is 9.98. The highest BCUT2D eigenvalue weighted by Crippen LogP contribution is 2.25. The van der Waals surface area contributed by atoms with Crippen molar-refractivity contribution in [3.05, 3.63) is 53.7 Å². The van der Waals surface area contributed by atoms with E-state index in [4.69, 9.17) is 4.42 Å². The molecule has 1 fully saturated rings. The van der Waals surface area contributed by atoms with Crippen LogP contribution in [0.15, 0.2) is 40.9 Å². The SMILES string of the molecule is Cc1cnc(CN2C(=O)CC(Cc3ccccc3)C2=O)o1. The second kappa shape index (κ2) is 5.52. The molecule has 0 bridgehead atoms. The average molecular weight is 284 g/mol. The number of rotatable bonds is 4. The summed E-state index contributed by atoms with van der Waals surface area (Å²) in [6.07, 6.45) is 2.43. The highest BCUT2D eigenvalue weighted by Gasteiger charge is 2.38. The van der Waals surface area contributed by atoms with E-state index < -0.39 is 0 Å². The van der Waals surface area contributed by atoms with Crippen molar-refractivity contribution in [2.45, 2.75) is 26.3 Å². The van der Waals surface area contributed by atoms with Crippen LogP contribution in [0, 0.1) is 12.8 Å². The number of benzene rings is 1. The van der Waals surface area contributed by atoms with Crippen molar-refractivity contribution < 1.29 is 14.0 Å². The Labute approximate surface area is 122 Å². The molecule has 2 aromatic rings. The van der Waals surface area contributed by atoms with Crippen molar-refractivity contribution in [2.75, 3.05) is 0 Å². The minimum absolute atomic E-state index is 0.122. The molecule has 1 aliphatic rings. The molecule has 0 N–H and O–H groups in total. The Kier molecular flexibility index (Phi) is 3.56. The first-order chi connectivity index (χ1) is 10.1. The van der Waals surface area contributed by atoms with Gasteiger partial charge in [0, 0.05) is 6.42 Å². The number of aryl methyl sites for hydroxylation is 1. The Morgan fingerprint density at radius 2 is 2.05 bits per heavy atom. The molecule has 1 unspecified atom stereocenters. The molecule has 1 aromatic carbocycles. The number of imide groups is 1. The smallest absolute Gasteiger partial charge is 0.233 e. The topological polar surface area (TPSA) is 63.4 Å². The monoisotopic (exact) mass is 284 g/mol. The summed E-state index contributed by atoms with van der Waals surface area (Å²) in [6.45, 7) is 1.90. The van der Waals surface area contributed by atoms with Crippen molar-refractivity contribution in [1.82, 2.24) is 9.88 Å². The van der Waals surface area contributed by atoms with E-state index in [0.29, 0.717) is 18.1 Å². The molecule has 21 heavy (non-hydrogen) atoms. The first-order valence-corrected chi connectivity index (χ1v) is 6.93. The minimum Gasteiger partial charge on any atom is -0.444 e. The Morgan fingerprint density at radius 1 is 1.29 bits per heavy atom. The van der Waals surface area contributed by atoms with Crippen LogP contribution in [0.1, 0.15) is 23.6 Å². The normalized spacial score (nSPS) is 18.5. The third-order valence-electron chi connectivity index (χ3n) is 3.62. The molecular formula is C16H16N2O3. The average Bonchev–Trinajstić information content (AvgIpc) is 2.99. The van der Waals surface area contributed by atoms with Gasteiger partial charge in [-0.3, -0.25) is 14.5 Å². The van der Waals surface area contributed by atoms with E-state index in [1.165, 1.54) is 4.90 Å². The summed E-state index contributed by atoms with van der Waals surface area (Å²) in [6, 6.07) is 9.74. The van der Waals surface area contributed by atoms with E-state index in [-0.39, 0.29) is 30.7 Å². The van der Waals surface area contributed by atoms with Crippen molar-refractivity contribution in [1.29, 1.82) is 0 Å². The number of hydrogen-bond acceptors (Lipinski definition) is 4. The van der Waals surface area contributed by atoms with E-state index in [9.17, 15) is 9.59 Å². The standard InChI is InChI=1S/C16H16N2O3/c1-11-9-17-14(21-11)10-18-15(19)8-13(16(18)20)7-12-5-3-2-4-6-12/h2-6,9,13H,7-8,10H2,1H3. The fourth-order valence-electron chi connectivity index (χ4n) is 2.59. The second-order valence-electron chi connectivity index (χ2n) is 5.27. The van der Waals surface area contributed by atoms with Crippen LogP contribution in [0.3, 0.4) is 0 Å². The third-order valence-corrected chi connectivity index (χ3v) is 3.62. The van der Waals surface area contributed by atoms with Gasteiger partial charge in [-0.05, 0) is 18.9 Å². The maximum atomic E-state index is 12.4. The molecule has 108 valence electrons. The Morgan fingerprint density at radius 3 is 2.71 bits per heavy atom. The van der Waals surface area contributed by atoms with E-state index >= 15 is 0 Å². The number of hydrogen-bond donors (Lipinski definition) is 0. The number of carbonyl (C=O) groups is 2. The van der Waals surface area contributed by atoms with Gasteiger partial charge in [0.25, 0.3) is 0 Å². The van der Waals surface area contributed by atoms with Gasteiger partial charge in [0.15, 0.2) is 0 Å². The lowest BCUT2D eigenvalue weighted by Gasteiger charge is -2.12. The van der Waals surface area contributed by atoms with Gasteiger partial charge in [0.05, 0.1) is 12.1 Å². The van der Waals surface area contributed by atoms with Crippen molar-refractivity contribution in [3.8, 4) is 0 Å². The zero-order valence-electron chi connectivity index (χ0n) is 11.8. The molecule has 0 saturated carbocycles. The van der Waals surface area contributed by atoms with Gasteiger partial charge < -0.3 is 4.42 Å². The van der Waals surface area contributed by atoms with Crippen molar-refractivity contribution in [2.24, 2.45) is 5.92 Å². The number of carbonyl (C=O) groups excluding carboxylic acids is 2. The maximum absolute atomic E-state index is 12.4.